The molecular weight excluding hydrogens is 433 g/mol. The standard InChI is InChI=1S/C24H23F3N4O2/c1-14(2)22-29-11-15(12-30-22)23(32)31-20-17(16-5-3-4-6-18(16)25)8-10-28-21(20)19-7-9-24(26,27)13-33-19/h3-6,8,10-12,14,19H,7,9,13H2,1-2H3,(H,31,32). The fourth-order valence-electron chi connectivity index (χ4n) is 3.63. The zero-order chi connectivity index (χ0) is 23.6. The van der Waals surface area contributed by atoms with E-state index in [0.29, 0.717) is 11.4 Å². The lowest BCUT2D eigenvalue weighted by molar-refractivity contribution is -0.146. The Morgan fingerprint density at radius 1 is 1.12 bits per heavy atom. The highest BCUT2D eigenvalue weighted by Gasteiger charge is 2.38. The molecule has 2 aromatic heterocycles. The third-order valence-electron chi connectivity index (χ3n) is 5.41. The van der Waals surface area contributed by atoms with Gasteiger partial charge >= 0.3 is 0 Å². The summed E-state index contributed by atoms with van der Waals surface area (Å²) in [4.78, 5) is 25.8. The van der Waals surface area contributed by atoms with Gasteiger partial charge < -0.3 is 10.1 Å². The van der Waals surface area contributed by atoms with Gasteiger partial charge in [0.05, 0.1) is 16.9 Å². The molecule has 6 nitrogen and oxygen atoms in total. The molecule has 9 heteroatoms. The van der Waals surface area contributed by atoms with Crippen molar-refractivity contribution >= 4 is 11.6 Å². The molecule has 1 atom stereocenters. The summed E-state index contributed by atoms with van der Waals surface area (Å²) in [5.74, 6) is -3.25. The zero-order valence-electron chi connectivity index (χ0n) is 18.2. The predicted octanol–water partition coefficient (Wildman–Crippen LogP) is 5.54. The molecule has 0 aliphatic carbocycles. The molecule has 1 aliphatic heterocycles. The highest BCUT2D eigenvalue weighted by Crippen LogP contribution is 2.41. The summed E-state index contributed by atoms with van der Waals surface area (Å²) in [6.07, 6.45) is 3.13. The highest BCUT2D eigenvalue weighted by atomic mass is 19.3. The average Bonchev–Trinajstić information content (AvgIpc) is 2.80. The minimum Gasteiger partial charge on any atom is -0.366 e. The van der Waals surface area contributed by atoms with E-state index < -0.39 is 30.4 Å². The van der Waals surface area contributed by atoms with Crippen molar-refractivity contribution in [1.82, 2.24) is 15.0 Å². The Morgan fingerprint density at radius 3 is 2.48 bits per heavy atom. The van der Waals surface area contributed by atoms with Crippen molar-refractivity contribution in [3.63, 3.8) is 0 Å². The average molecular weight is 456 g/mol. The number of amides is 1. The summed E-state index contributed by atoms with van der Waals surface area (Å²) in [6.45, 7) is 3.12. The predicted molar refractivity (Wildman–Crippen MR) is 117 cm³/mol. The molecule has 1 saturated heterocycles. The number of nitrogens with zero attached hydrogens (tertiary/aromatic N) is 3. The van der Waals surface area contributed by atoms with Crippen LogP contribution in [-0.2, 0) is 4.74 Å². The number of nitrogens with one attached hydrogen (secondary N) is 1. The van der Waals surface area contributed by atoms with Crippen LogP contribution in [0.4, 0.5) is 18.9 Å². The van der Waals surface area contributed by atoms with Gasteiger partial charge in [0.2, 0.25) is 0 Å². The second-order valence-electron chi connectivity index (χ2n) is 8.23. The number of carbonyl (C=O) groups is 1. The lowest BCUT2D eigenvalue weighted by Gasteiger charge is -2.30. The number of hydrogen-bond acceptors (Lipinski definition) is 5. The molecule has 33 heavy (non-hydrogen) atoms. The number of ether oxygens (including phenoxy) is 1. The van der Waals surface area contributed by atoms with Crippen LogP contribution in [0.25, 0.3) is 11.1 Å². The van der Waals surface area contributed by atoms with E-state index in [0.717, 1.165) is 0 Å². The number of carbonyl (C=O) groups excluding carboxylic acids is 1. The Kier molecular flexibility index (Phi) is 6.42. The molecule has 0 saturated carbocycles. The lowest BCUT2D eigenvalue weighted by atomic mass is 9.97. The van der Waals surface area contributed by atoms with E-state index in [1.54, 1.807) is 24.3 Å². The molecule has 0 spiro atoms. The summed E-state index contributed by atoms with van der Waals surface area (Å²) >= 11 is 0. The van der Waals surface area contributed by atoms with Gasteiger partial charge in [-0.1, -0.05) is 32.0 Å². The molecule has 172 valence electrons. The van der Waals surface area contributed by atoms with Crippen LogP contribution >= 0.6 is 0 Å². The van der Waals surface area contributed by atoms with Crippen molar-refractivity contribution in [3.8, 4) is 11.1 Å². The van der Waals surface area contributed by atoms with E-state index in [9.17, 15) is 18.0 Å². The maximum absolute atomic E-state index is 14.6. The van der Waals surface area contributed by atoms with E-state index in [4.69, 9.17) is 4.74 Å². The van der Waals surface area contributed by atoms with E-state index in [1.165, 1.54) is 24.7 Å². The highest BCUT2D eigenvalue weighted by molar-refractivity contribution is 6.06. The van der Waals surface area contributed by atoms with Gasteiger partial charge in [0, 0.05) is 42.1 Å². The molecule has 1 aromatic carbocycles. The van der Waals surface area contributed by atoms with E-state index in [1.807, 2.05) is 13.8 Å². The van der Waals surface area contributed by atoms with Crippen LogP contribution in [0.5, 0.6) is 0 Å². The molecule has 1 amide bonds. The van der Waals surface area contributed by atoms with Crippen molar-refractivity contribution in [3.05, 3.63) is 71.8 Å². The minimum absolute atomic E-state index is 0.00971. The van der Waals surface area contributed by atoms with Crippen molar-refractivity contribution in [2.24, 2.45) is 0 Å². The number of hydrogen-bond donors (Lipinski definition) is 1. The first-order valence-electron chi connectivity index (χ1n) is 10.6. The Labute approximate surface area is 189 Å². The van der Waals surface area contributed by atoms with Crippen LogP contribution in [0, 0.1) is 5.82 Å². The monoisotopic (exact) mass is 456 g/mol. The summed E-state index contributed by atoms with van der Waals surface area (Å²) in [7, 11) is 0. The first-order chi connectivity index (χ1) is 15.7. The van der Waals surface area contributed by atoms with Crippen LogP contribution in [-0.4, -0.2) is 33.4 Å². The second kappa shape index (κ2) is 9.27. The molecule has 0 bridgehead atoms. The lowest BCUT2D eigenvalue weighted by Crippen LogP contribution is -2.31. The first-order valence-corrected chi connectivity index (χ1v) is 10.6. The number of pyridine rings is 1. The number of aromatic nitrogens is 3. The third-order valence-corrected chi connectivity index (χ3v) is 5.41. The van der Waals surface area contributed by atoms with Gasteiger partial charge in [0.1, 0.15) is 24.4 Å². The summed E-state index contributed by atoms with van der Waals surface area (Å²) in [5, 5.41) is 2.77. The van der Waals surface area contributed by atoms with Gasteiger partial charge in [-0.05, 0) is 18.6 Å². The largest absolute Gasteiger partial charge is 0.366 e. The van der Waals surface area contributed by atoms with Gasteiger partial charge in [-0.3, -0.25) is 9.78 Å². The number of rotatable bonds is 5. The Balaban J connectivity index is 1.73. The Morgan fingerprint density at radius 2 is 1.85 bits per heavy atom. The van der Waals surface area contributed by atoms with E-state index in [-0.39, 0.29) is 41.3 Å². The topological polar surface area (TPSA) is 77.0 Å². The smallest absolute Gasteiger partial charge is 0.271 e. The molecule has 1 fully saturated rings. The fraction of sp³-hybridized carbons (Fsp3) is 0.333. The van der Waals surface area contributed by atoms with Gasteiger partial charge in [-0.15, -0.1) is 0 Å². The van der Waals surface area contributed by atoms with Crippen molar-refractivity contribution in [1.29, 1.82) is 0 Å². The fourth-order valence-corrected chi connectivity index (χ4v) is 3.63. The van der Waals surface area contributed by atoms with E-state index in [2.05, 4.69) is 20.3 Å². The number of anilines is 1. The van der Waals surface area contributed by atoms with Crippen LogP contribution in [0.15, 0.2) is 48.9 Å². The maximum Gasteiger partial charge on any atom is 0.271 e. The van der Waals surface area contributed by atoms with Gasteiger partial charge in [-0.25, -0.2) is 23.1 Å². The van der Waals surface area contributed by atoms with Crippen molar-refractivity contribution in [2.75, 3.05) is 11.9 Å². The molecule has 1 aliphatic rings. The number of halogens is 3. The third kappa shape index (κ3) is 5.03. The van der Waals surface area contributed by atoms with Gasteiger partial charge in [0.15, 0.2) is 0 Å². The molecule has 3 heterocycles. The molecular formula is C24H23F3N4O2. The summed E-state index contributed by atoms with van der Waals surface area (Å²) < 4.78 is 47.3. The van der Waals surface area contributed by atoms with Crippen molar-refractivity contribution < 1.29 is 22.7 Å². The quantitative estimate of drug-likeness (QED) is 0.546. The van der Waals surface area contributed by atoms with Crippen LogP contribution in [0.1, 0.15) is 60.6 Å². The molecule has 1 unspecified atom stereocenters. The zero-order valence-corrected chi connectivity index (χ0v) is 18.2. The SMILES string of the molecule is CC(C)c1ncc(C(=O)Nc2c(-c3ccccc3F)ccnc2C2CCC(F)(F)CO2)cn1. The van der Waals surface area contributed by atoms with Crippen LogP contribution in [0.3, 0.4) is 0 Å². The van der Waals surface area contributed by atoms with Crippen LogP contribution < -0.4 is 5.32 Å². The van der Waals surface area contributed by atoms with Crippen LogP contribution in [0.2, 0.25) is 0 Å². The first kappa shape index (κ1) is 22.8. The Hall–Kier alpha value is -3.33. The summed E-state index contributed by atoms with van der Waals surface area (Å²) in [6, 6.07) is 7.66. The molecule has 0 radical (unpaired) electrons. The van der Waals surface area contributed by atoms with E-state index >= 15 is 0 Å². The normalized spacial score (nSPS) is 17.7. The molecule has 3 aromatic rings. The van der Waals surface area contributed by atoms with Gasteiger partial charge in [-0.2, -0.15) is 0 Å². The second-order valence-corrected chi connectivity index (χ2v) is 8.23. The maximum atomic E-state index is 14.6. The Bertz CT molecular complexity index is 1140. The molecule has 1 N–H and O–H groups in total. The van der Waals surface area contributed by atoms with Gasteiger partial charge in [0.25, 0.3) is 11.8 Å². The number of benzene rings is 1. The van der Waals surface area contributed by atoms with Crippen molar-refractivity contribution in [2.45, 2.75) is 44.6 Å². The summed E-state index contributed by atoms with van der Waals surface area (Å²) in [5.41, 5.74) is 1.27. The minimum atomic E-state index is -2.92. The molecule has 4 rings (SSSR count). The number of alkyl halides is 2.